The Bertz CT molecular complexity index is 747. The number of aldehydes is 1. The maximum atomic E-state index is 12.1. The van der Waals surface area contributed by atoms with E-state index in [4.69, 9.17) is 0 Å². The molecule has 0 aliphatic carbocycles. The number of ketones is 2. The van der Waals surface area contributed by atoms with Crippen molar-refractivity contribution in [2.75, 3.05) is 0 Å². The Morgan fingerprint density at radius 3 is 1.40 bits per heavy atom. The average Bonchev–Trinajstić information content (AvgIpc) is 2.61. The lowest BCUT2D eigenvalue weighted by Gasteiger charge is -2.02. The summed E-state index contributed by atoms with van der Waals surface area (Å²) in [6.07, 6.45) is 5.58. The molecule has 25 heavy (non-hydrogen) atoms. The molecule has 0 saturated heterocycles. The standard InChI is InChI=1S/C20H16O5/c21-13-18(19(24)11-5-14-1-7-16(22)8-2-14)20(25)12-6-15-3-9-17(23)10-4-15/h1-13,18,22-23H. The van der Waals surface area contributed by atoms with E-state index in [9.17, 15) is 24.6 Å². The van der Waals surface area contributed by atoms with Crippen LogP contribution < -0.4 is 0 Å². The normalized spacial score (nSPS) is 12.3. The third-order valence-electron chi connectivity index (χ3n) is 3.42. The predicted octanol–water partition coefficient (Wildman–Crippen LogP) is 2.78. The molecule has 126 valence electrons. The van der Waals surface area contributed by atoms with Crippen LogP contribution in [0.2, 0.25) is 0 Å². The van der Waals surface area contributed by atoms with E-state index in [2.05, 4.69) is 0 Å². The lowest BCUT2D eigenvalue weighted by Crippen LogP contribution is -2.22. The molecule has 5 heteroatoms. The second kappa shape index (κ2) is 8.40. The number of allylic oxidation sites excluding steroid dienone is 2. The molecule has 0 aromatic heterocycles. The molecule has 0 radical (unpaired) electrons. The number of hydrogen-bond acceptors (Lipinski definition) is 5. The molecule has 0 bridgehead atoms. The van der Waals surface area contributed by atoms with E-state index < -0.39 is 17.5 Å². The molecule has 0 fully saturated rings. The van der Waals surface area contributed by atoms with Crippen LogP contribution in [0.1, 0.15) is 11.1 Å². The quantitative estimate of drug-likeness (QED) is 0.461. The van der Waals surface area contributed by atoms with Crippen molar-refractivity contribution in [3.8, 4) is 11.5 Å². The average molecular weight is 336 g/mol. The van der Waals surface area contributed by atoms with Crippen molar-refractivity contribution in [2.24, 2.45) is 5.92 Å². The Hall–Kier alpha value is -3.47. The number of carbonyl (C=O) groups is 3. The van der Waals surface area contributed by atoms with Gasteiger partial charge in [0.1, 0.15) is 23.7 Å². The van der Waals surface area contributed by atoms with Gasteiger partial charge in [-0.05, 0) is 47.5 Å². The lowest BCUT2D eigenvalue weighted by atomic mass is 9.98. The summed E-state index contributed by atoms with van der Waals surface area (Å²) in [4.78, 5) is 35.2. The lowest BCUT2D eigenvalue weighted by molar-refractivity contribution is -0.131. The number of aromatic hydroxyl groups is 2. The highest BCUT2D eigenvalue weighted by Crippen LogP contribution is 2.13. The fraction of sp³-hybridized carbons (Fsp3) is 0.0500. The first-order chi connectivity index (χ1) is 12.0. The fourth-order valence-corrected chi connectivity index (χ4v) is 2.01. The first-order valence-corrected chi connectivity index (χ1v) is 7.47. The van der Waals surface area contributed by atoms with Gasteiger partial charge in [0, 0.05) is 0 Å². The molecule has 2 N–H and O–H groups in total. The van der Waals surface area contributed by atoms with Crippen molar-refractivity contribution >= 4 is 30.0 Å². The summed E-state index contributed by atoms with van der Waals surface area (Å²) in [5, 5.41) is 18.4. The minimum absolute atomic E-state index is 0.101. The Labute approximate surface area is 144 Å². The van der Waals surface area contributed by atoms with Crippen LogP contribution in [0.25, 0.3) is 12.2 Å². The van der Waals surface area contributed by atoms with Crippen LogP contribution in [0.15, 0.2) is 60.7 Å². The molecule has 0 heterocycles. The van der Waals surface area contributed by atoms with Gasteiger partial charge in [0.25, 0.3) is 0 Å². The molecule has 0 aliphatic rings. The number of carbonyl (C=O) groups excluding carboxylic acids is 3. The molecule has 0 saturated carbocycles. The van der Waals surface area contributed by atoms with Crippen molar-refractivity contribution in [1.29, 1.82) is 0 Å². The summed E-state index contributed by atoms with van der Waals surface area (Å²) in [6.45, 7) is 0. The Kier molecular flexibility index (Phi) is 6.01. The third-order valence-corrected chi connectivity index (χ3v) is 3.42. The second-order valence-electron chi connectivity index (χ2n) is 5.27. The predicted molar refractivity (Wildman–Crippen MR) is 93.8 cm³/mol. The van der Waals surface area contributed by atoms with Gasteiger partial charge < -0.3 is 15.0 Å². The van der Waals surface area contributed by atoms with Crippen molar-refractivity contribution in [1.82, 2.24) is 0 Å². The first-order valence-electron chi connectivity index (χ1n) is 7.47. The zero-order valence-corrected chi connectivity index (χ0v) is 13.2. The monoisotopic (exact) mass is 336 g/mol. The molecule has 0 amide bonds. The SMILES string of the molecule is O=CC(C(=O)C=Cc1ccc(O)cc1)C(=O)C=Cc1ccc(O)cc1. The number of phenols is 2. The summed E-state index contributed by atoms with van der Waals surface area (Å²) in [5.41, 5.74) is 1.31. The molecule has 0 atom stereocenters. The number of hydrogen-bond donors (Lipinski definition) is 2. The van der Waals surface area contributed by atoms with Gasteiger partial charge >= 0.3 is 0 Å². The van der Waals surface area contributed by atoms with Gasteiger partial charge in [-0.3, -0.25) is 9.59 Å². The highest BCUT2D eigenvalue weighted by atomic mass is 16.3. The summed E-state index contributed by atoms with van der Waals surface area (Å²) >= 11 is 0. The van der Waals surface area contributed by atoms with Crippen molar-refractivity contribution < 1.29 is 24.6 Å². The maximum absolute atomic E-state index is 12.1. The van der Waals surface area contributed by atoms with Crippen molar-refractivity contribution in [2.45, 2.75) is 0 Å². The summed E-state index contributed by atoms with van der Waals surface area (Å²) in [7, 11) is 0. The van der Waals surface area contributed by atoms with Gasteiger partial charge in [0.05, 0.1) is 0 Å². The van der Waals surface area contributed by atoms with Gasteiger partial charge in [-0.2, -0.15) is 0 Å². The zero-order valence-electron chi connectivity index (χ0n) is 13.2. The van der Waals surface area contributed by atoms with Gasteiger partial charge in [0.2, 0.25) is 0 Å². The van der Waals surface area contributed by atoms with Crippen LogP contribution in [0, 0.1) is 5.92 Å². The molecule has 0 aliphatic heterocycles. The maximum Gasteiger partial charge on any atom is 0.173 e. The molecule has 5 nitrogen and oxygen atoms in total. The number of benzene rings is 2. The van der Waals surface area contributed by atoms with E-state index in [0.717, 1.165) is 12.2 Å². The second-order valence-corrected chi connectivity index (χ2v) is 5.27. The molecule has 0 unspecified atom stereocenters. The van der Waals surface area contributed by atoms with E-state index in [1.54, 1.807) is 24.3 Å². The Balaban J connectivity index is 2.05. The van der Waals surface area contributed by atoms with Gasteiger partial charge in [0.15, 0.2) is 11.6 Å². The molecule has 0 spiro atoms. The number of rotatable bonds is 7. The van der Waals surface area contributed by atoms with Gasteiger partial charge in [-0.25, -0.2) is 0 Å². The van der Waals surface area contributed by atoms with Crippen LogP contribution in [-0.2, 0) is 14.4 Å². The van der Waals surface area contributed by atoms with Crippen LogP contribution in [0.3, 0.4) is 0 Å². The minimum atomic E-state index is -1.40. The van der Waals surface area contributed by atoms with Gasteiger partial charge in [-0.1, -0.05) is 36.4 Å². The number of phenolic OH excluding ortho intramolecular Hbond substituents is 2. The third kappa shape index (κ3) is 5.28. The molecule has 2 aromatic carbocycles. The van der Waals surface area contributed by atoms with Crippen molar-refractivity contribution in [3.63, 3.8) is 0 Å². The first kappa shape index (κ1) is 17.9. The molecular weight excluding hydrogens is 320 g/mol. The van der Waals surface area contributed by atoms with Crippen LogP contribution in [0.5, 0.6) is 11.5 Å². The van der Waals surface area contributed by atoms with E-state index >= 15 is 0 Å². The van der Waals surface area contributed by atoms with E-state index in [0.29, 0.717) is 17.4 Å². The van der Waals surface area contributed by atoms with E-state index in [1.807, 2.05) is 0 Å². The Morgan fingerprint density at radius 1 is 0.720 bits per heavy atom. The highest BCUT2D eigenvalue weighted by Gasteiger charge is 2.21. The van der Waals surface area contributed by atoms with Crippen molar-refractivity contribution in [3.05, 3.63) is 71.8 Å². The zero-order chi connectivity index (χ0) is 18.2. The highest BCUT2D eigenvalue weighted by molar-refractivity contribution is 6.21. The summed E-state index contributed by atoms with van der Waals surface area (Å²) in [6, 6.07) is 12.3. The topological polar surface area (TPSA) is 91.7 Å². The minimum Gasteiger partial charge on any atom is -0.508 e. The van der Waals surface area contributed by atoms with E-state index in [-0.39, 0.29) is 11.5 Å². The van der Waals surface area contributed by atoms with Crippen LogP contribution in [-0.4, -0.2) is 28.1 Å². The molecule has 2 aromatic rings. The molecular formula is C20H16O5. The Morgan fingerprint density at radius 2 is 1.08 bits per heavy atom. The van der Waals surface area contributed by atoms with E-state index in [1.165, 1.54) is 36.4 Å². The summed E-state index contributed by atoms with van der Waals surface area (Å²) in [5.74, 6) is -2.44. The molecule has 2 rings (SSSR count). The fourth-order valence-electron chi connectivity index (χ4n) is 2.01. The smallest absolute Gasteiger partial charge is 0.173 e. The summed E-state index contributed by atoms with van der Waals surface area (Å²) < 4.78 is 0. The largest absolute Gasteiger partial charge is 0.508 e. The van der Waals surface area contributed by atoms with Gasteiger partial charge in [-0.15, -0.1) is 0 Å². The van der Waals surface area contributed by atoms with Crippen LogP contribution in [0.4, 0.5) is 0 Å². The van der Waals surface area contributed by atoms with Crippen LogP contribution >= 0.6 is 0 Å².